The van der Waals surface area contributed by atoms with Crippen LogP contribution in [0.5, 0.6) is 0 Å². The van der Waals surface area contributed by atoms with Crippen LogP contribution in [0, 0.1) is 11.6 Å². The van der Waals surface area contributed by atoms with E-state index in [1.165, 1.54) is 0 Å². The first-order chi connectivity index (χ1) is 8.99. The molecule has 1 fully saturated rings. The van der Waals surface area contributed by atoms with Gasteiger partial charge in [0.2, 0.25) is 10.0 Å². The van der Waals surface area contributed by atoms with Gasteiger partial charge < -0.3 is 5.32 Å². The Bertz CT molecular complexity index is 543. The average Bonchev–Trinajstić information content (AvgIpc) is 2.81. The lowest BCUT2D eigenvalue weighted by Gasteiger charge is -2.11. The molecule has 1 saturated heterocycles. The summed E-state index contributed by atoms with van der Waals surface area (Å²) in [6.07, 6.45) is 2.76. The molecule has 0 spiro atoms. The molecule has 1 heterocycles. The van der Waals surface area contributed by atoms with Gasteiger partial charge in [-0.05, 0) is 37.9 Å². The highest BCUT2D eigenvalue weighted by atomic mass is 32.2. The van der Waals surface area contributed by atoms with Crippen molar-refractivity contribution in [2.45, 2.75) is 30.2 Å². The minimum Gasteiger partial charge on any atom is -0.314 e. The predicted octanol–water partition coefficient (Wildman–Crippen LogP) is 1.39. The quantitative estimate of drug-likeness (QED) is 0.861. The fourth-order valence-electron chi connectivity index (χ4n) is 2.14. The van der Waals surface area contributed by atoms with Gasteiger partial charge in [-0.2, -0.15) is 0 Å². The molecule has 0 unspecified atom stereocenters. The van der Waals surface area contributed by atoms with Crippen molar-refractivity contribution in [3.05, 3.63) is 29.8 Å². The predicted molar refractivity (Wildman–Crippen MR) is 67.2 cm³/mol. The smallest absolute Gasteiger partial charge is 0.243 e. The van der Waals surface area contributed by atoms with Crippen LogP contribution in [0.15, 0.2) is 23.1 Å². The van der Waals surface area contributed by atoms with E-state index < -0.39 is 26.6 Å². The van der Waals surface area contributed by atoms with Crippen LogP contribution < -0.4 is 10.0 Å². The normalized spacial score (nSPS) is 19.8. The number of rotatable bonds is 5. The summed E-state index contributed by atoms with van der Waals surface area (Å²) in [6, 6.07) is 2.73. The standard InChI is InChI=1S/C12H16F2N2O2S/c13-9-3-4-12(11(14)8-9)19(17,18)16-7-5-10-2-1-6-15-10/h3-4,8,10,15-16H,1-2,5-7H2/t10-/m0/s1. The minimum atomic E-state index is -3.92. The summed E-state index contributed by atoms with van der Waals surface area (Å²) in [5.41, 5.74) is 0. The number of sulfonamides is 1. The third kappa shape index (κ3) is 3.71. The lowest BCUT2D eigenvalue weighted by Crippen LogP contribution is -2.31. The highest BCUT2D eigenvalue weighted by Crippen LogP contribution is 2.15. The number of benzene rings is 1. The summed E-state index contributed by atoms with van der Waals surface area (Å²) in [5, 5.41) is 3.24. The first-order valence-electron chi connectivity index (χ1n) is 6.17. The molecule has 1 aromatic rings. The molecule has 4 nitrogen and oxygen atoms in total. The Morgan fingerprint density at radius 3 is 2.79 bits per heavy atom. The van der Waals surface area contributed by atoms with Gasteiger partial charge in [-0.15, -0.1) is 0 Å². The second kappa shape index (κ2) is 5.94. The van der Waals surface area contributed by atoms with E-state index in [1.807, 2.05) is 0 Å². The maximum Gasteiger partial charge on any atom is 0.243 e. The molecule has 1 atom stereocenters. The van der Waals surface area contributed by atoms with Gasteiger partial charge in [0.05, 0.1) is 0 Å². The lowest BCUT2D eigenvalue weighted by molar-refractivity contribution is 0.528. The van der Waals surface area contributed by atoms with Crippen molar-refractivity contribution in [3.8, 4) is 0 Å². The molecule has 0 aliphatic carbocycles. The van der Waals surface area contributed by atoms with Gasteiger partial charge in [-0.25, -0.2) is 21.9 Å². The summed E-state index contributed by atoms with van der Waals surface area (Å²) in [5.74, 6) is -1.88. The summed E-state index contributed by atoms with van der Waals surface area (Å²) >= 11 is 0. The second-order valence-electron chi connectivity index (χ2n) is 4.55. The maximum absolute atomic E-state index is 13.4. The average molecular weight is 290 g/mol. The third-order valence-corrected chi connectivity index (χ3v) is 4.62. The van der Waals surface area contributed by atoms with Crippen molar-refractivity contribution < 1.29 is 17.2 Å². The van der Waals surface area contributed by atoms with Crippen LogP contribution in [0.2, 0.25) is 0 Å². The van der Waals surface area contributed by atoms with E-state index in [1.54, 1.807) is 0 Å². The van der Waals surface area contributed by atoms with Crippen molar-refractivity contribution in [3.63, 3.8) is 0 Å². The Morgan fingerprint density at radius 1 is 1.37 bits per heavy atom. The number of nitrogens with one attached hydrogen (secondary N) is 2. The molecule has 0 amide bonds. The first-order valence-corrected chi connectivity index (χ1v) is 7.65. The van der Waals surface area contributed by atoms with E-state index in [0.717, 1.165) is 31.5 Å². The molecule has 0 radical (unpaired) electrons. The molecule has 19 heavy (non-hydrogen) atoms. The van der Waals surface area contributed by atoms with Crippen LogP contribution >= 0.6 is 0 Å². The molecule has 2 N–H and O–H groups in total. The molecule has 7 heteroatoms. The van der Waals surface area contributed by atoms with Crippen LogP contribution in [-0.2, 0) is 10.0 Å². The van der Waals surface area contributed by atoms with Crippen molar-refractivity contribution in [1.82, 2.24) is 10.0 Å². The van der Waals surface area contributed by atoms with E-state index in [0.29, 0.717) is 18.5 Å². The zero-order valence-electron chi connectivity index (χ0n) is 10.3. The van der Waals surface area contributed by atoms with Crippen molar-refractivity contribution >= 4 is 10.0 Å². The summed E-state index contributed by atoms with van der Waals surface area (Å²) in [7, 11) is -3.92. The van der Waals surface area contributed by atoms with E-state index in [4.69, 9.17) is 0 Å². The van der Waals surface area contributed by atoms with E-state index in [2.05, 4.69) is 10.0 Å². The fraction of sp³-hybridized carbons (Fsp3) is 0.500. The largest absolute Gasteiger partial charge is 0.314 e. The minimum absolute atomic E-state index is 0.233. The van der Waals surface area contributed by atoms with Crippen molar-refractivity contribution in [1.29, 1.82) is 0 Å². The van der Waals surface area contributed by atoms with Crippen LogP contribution in [0.3, 0.4) is 0 Å². The van der Waals surface area contributed by atoms with Gasteiger partial charge in [0.25, 0.3) is 0 Å². The van der Waals surface area contributed by atoms with Gasteiger partial charge in [0, 0.05) is 18.7 Å². The number of halogens is 2. The van der Waals surface area contributed by atoms with Crippen LogP contribution in [-0.4, -0.2) is 27.5 Å². The van der Waals surface area contributed by atoms with Crippen molar-refractivity contribution in [2.24, 2.45) is 0 Å². The molecule has 1 aliphatic rings. The van der Waals surface area contributed by atoms with E-state index in [-0.39, 0.29) is 6.54 Å². The Labute approximate surface area is 111 Å². The molecular formula is C12H16F2N2O2S. The zero-order valence-corrected chi connectivity index (χ0v) is 11.1. The summed E-state index contributed by atoms with van der Waals surface area (Å²) in [4.78, 5) is -0.520. The van der Waals surface area contributed by atoms with Crippen LogP contribution in [0.25, 0.3) is 0 Å². The molecule has 0 saturated carbocycles. The Balaban J connectivity index is 1.97. The van der Waals surface area contributed by atoms with Crippen molar-refractivity contribution in [2.75, 3.05) is 13.1 Å². The number of hydrogen-bond acceptors (Lipinski definition) is 3. The van der Waals surface area contributed by atoms with Crippen LogP contribution in [0.4, 0.5) is 8.78 Å². The topological polar surface area (TPSA) is 58.2 Å². The Morgan fingerprint density at radius 2 is 2.16 bits per heavy atom. The van der Waals surface area contributed by atoms with Gasteiger partial charge in [-0.3, -0.25) is 0 Å². The molecule has 1 aromatic carbocycles. The Kier molecular flexibility index (Phi) is 4.49. The van der Waals surface area contributed by atoms with E-state index >= 15 is 0 Å². The first kappa shape index (κ1) is 14.4. The Hall–Kier alpha value is -1.05. The zero-order chi connectivity index (χ0) is 13.9. The summed E-state index contributed by atoms with van der Waals surface area (Å²) < 4.78 is 52.2. The second-order valence-corrected chi connectivity index (χ2v) is 6.29. The lowest BCUT2D eigenvalue weighted by atomic mass is 10.2. The van der Waals surface area contributed by atoms with Gasteiger partial charge in [0.1, 0.15) is 16.5 Å². The fourth-order valence-corrected chi connectivity index (χ4v) is 3.25. The molecule has 1 aliphatic heterocycles. The van der Waals surface area contributed by atoms with Crippen LogP contribution in [0.1, 0.15) is 19.3 Å². The summed E-state index contributed by atoms with van der Waals surface area (Å²) in [6.45, 7) is 1.18. The molecular weight excluding hydrogens is 274 g/mol. The number of hydrogen-bond donors (Lipinski definition) is 2. The molecule has 0 bridgehead atoms. The van der Waals surface area contributed by atoms with Gasteiger partial charge >= 0.3 is 0 Å². The molecule has 0 aromatic heterocycles. The molecule has 2 rings (SSSR count). The maximum atomic E-state index is 13.4. The monoisotopic (exact) mass is 290 g/mol. The molecule has 106 valence electrons. The third-order valence-electron chi connectivity index (χ3n) is 3.13. The van der Waals surface area contributed by atoms with E-state index in [9.17, 15) is 17.2 Å². The van der Waals surface area contributed by atoms with Gasteiger partial charge in [-0.1, -0.05) is 0 Å². The van der Waals surface area contributed by atoms with Gasteiger partial charge in [0.15, 0.2) is 0 Å². The SMILES string of the molecule is O=S(=O)(NCC[C@@H]1CCCN1)c1ccc(F)cc1F. The highest BCUT2D eigenvalue weighted by Gasteiger charge is 2.20. The highest BCUT2D eigenvalue weighted by molar-refractivity contribution is 7.89.